The number of carbonyl (C=O) groups excluding carboxylic acids is 2. The Morgan fingerprint density at radius 1 is 0.800 bits per heavy atom. The monoisotopic (exact) mass is 286 g/mol. The highest BCUT2D eigenvalue weighted by Gasteiger charge is 2.36. The van der Waals surface area contributed by atoms with Gasteiger partial charge in [0.05, 0.1) is 0 Å². The van der Waals surface area contributed by atoms with Crippen molar-refractivity contribution in [3.63, 3.8) is 0 Å². The summed E-state index contributed by atoms with van der Waals surface area (Å²) in [5.74, 6) is -0.995. The third kappa shape index (κ3) is 5.27. The van der Waals surface area contributed by atoms with Crippen LogP contribution in [0.15, 0.2) is 10.2 Å². The van der Waals surface area contributed by atoms with Gasteiger partial charge in [-0.3, -0.25) is 9.59 Å². The van der Waals surface area contributed by atoms with Gasteiger partial charge in [-0.2, -0.15) is 0 Å². The quantitative estimate of drug-likeness (QED) is 0.554. The topological polar surface area (TPSA) is 77.3 Å². The Hall–Kier alpha value is -1.46. The molecule has 0 aromatic rings. The van der Waals surface area contributed by atoms with E-state index in [1.54, 1.807) is 13.8 Å². The van der Waals surface area contributed by atoms with Gasteiger partial charge >= 0.3 is 11.9 Å². The molecule has 0 aromatic carbocycles. The maximum atomic E-state index is 11.2. The van der Waals surface area contributed by atoms with E-state index in [-0.39, 0.29) is 11.8 Å². The van der Waals surface area contributed by atoms with E-state index in [0.29, 0.717) is 0 Å². The molecule has 116 valence electrons. The molecule has 0 heterocycles. The molecule has 0 fully saturated rings. The van der Waals surface area contributed by atoms with Gasteiger partial charge in [0, 0.05) is 25.7 Å². The summed E-state index contributed by atoms with van der Waals surface area (Å²) in [5, 5.41) is 8.29. The summed E-state index contributed by atoms with van der Waals surface area (Å²) >= 11 is 0. The summed E-state index contributed by atoms with van der Waals surface area (Å²) in [7, 11) is 0. The zero-order valence-corrected chi connectivity index (χ0v) is 13.7. The van der Waals surface area contributed by atoms with Crippen LogP contribution in [0.4, 0.5) is 0 Å². The van der Waals surface area contributed by atoms with Crippen LogP contribution < -0.4 is 0 Å². The minimum absolute atomic E-state index is 0.0658. The molecular weight excluding hydrogens is 260 g/mol. The number of ether oxygens (including phenoxy) is 2. The first kappa shape index (κ1) is 18.5. The molecule has 20 heavy (non-hydrogen) atoms. The first-order valence-corrected chi connectivity index (χ1v) is 6.76. The number of nitrogens with zero attached hydrogens (tertiary/aromatic N) is 2. The standard InChI is InChI=1S/C14H26N2O4/c1-9(2)13(7,19-11(5)17)15-16-14(8,10(3)4)20-12(6)18/h9-10H,1-8H3. The van der Waals surface area contributed by atoms with Crippen molar-refractivity contribution in [2.45, 2.75) is 66.8 Å². The zero-order chi connectivity index (χ0) is 16.1. The summed E-state index contributed by atoms with van der Waals surface area (Å²) in [6.45, 7) is 13.5. The predicted molar refractivity (Wildman–Crippen MR) is 74.9 cm³/mol. The van der Waals surface area contributed by atoms with Gasteiger partial charge in [-0.05, 0) is 13.8 Å². The van der Waals surface area contributed by atoms with E-state index in [1.807, 2.05) is 27.7 Å². The van der Waals surface area contributed by atoms with Crippen LogP contribution in [0.25, 0.3) is 0 Å². The number of rotatable bonds is 6. The Kier molecular flexibility index (Phi) is 6.32. The Balaban J connectivity index is 5.35. The summed E-state index contributed by atoms with van der Waals surface area (Å²) < 4.78 is 10.5. The minimum Gasteiger partial charge on any atom is -0.436 e. The zero-order valence-electron chi connectivity index (χ0n) is 13.7. The maximum absolute atomic E-state index is 11.2. The maximum Gasteiger partial charge on any atom is 0.304 e. The Morgan fingerprint density at radius 3 is 1.20 bits per heavy atom. The summed E-state index contributed by atoms with van der Waals surface area (Å²) in [6.07, 6.45) is 0. The highest BCUT2D eigenvalue weighted by Crippen LogP contribution is 2.29. The van der Waals surface area contributed by atoms with Gasteiger partial charge in [0.1, 0.15) is 0 Å². The normalized spacial score (nSPS) is 17.9. The van der Waals surface area contributed by atoms with E-state index in [1.165, 1.54) is 13.8 Å². The lowest BCUT2D eigenvalue weighted by Gasteiger charge is -2.31. The fraction of sp³-hybridized carbons (Fsp3) is 0.857. The highest BCUT2D eigenvalue weighted by molar-refractivity contribution is 5.66. The second-order valence-corrected chi connectivity index (χ2v) is 5.81. The third-order valence-corrected chi connectivity index (χ3v) is 3.29. The molecule has 0 spiro atoms. The lowest BCUT2D eigenvalue weighted by atomic mass is 10.0. The molecule has 0 saturated carbocycles. The van der Waals surface area contributed by atoms with Crippen molar-refractivity contribution in [2.75, 3.05) is 0 Å². The van der Waals surface area contributed by atoms with Crippen molar-refractivity contribution in [3.05, 3.63) is 0 Å². The van der Waals surface area contributed by atoms with E-state index in [0.717, 1.165) is 0 Å². The van der Waals surface area contributed by atoms with Crippen molar-refractivity contribution < 1.29 is 19.1 Å². The molecule has 2 atom stereocenters. The molecule has 0 aliphatic heterocycles. The Labute approximate surface area is 120 Å². The fourth-order valence-corrected chi connectivity index (χ4v) is 1.29. The van der Waals surface area contributed by atoms with Crippen LogP contribution in [0.3, 0.4) is 0 Å². The van der Waals surface area contributed by atoms with E-state index in [9.17, 15) is 9.59 Å². The molecule has 0 aliphatic rings. The molecule has 0 saturated heterocycles. The van der Waals surface area contributed by atoms with Gasteiger partial charge in [0.25, 0.3) is 0 Å². The number of azo groups is 1. The molecule has 2 unspecified atom stereocenters. The van der Waals surface area contributed by atoms with Crippen molar-refractivity contribution in [3.8, 4) is 0 Å². The molecule has 0 rings (SSSR count). The summed E-state index contributed by atoms with van der Waals surface area (Å²) in [5.41, 5.74) is -2.16. The lowest BCUT2D eigenvalue weighted by Crippen LogP contribution is -2.38. The average molecular weight is 286 g/mol. The van der Waals surface area contributed by atoms with E-state index < -0.39 is 23.4 Å². The molecule has 6 heteroatoms. The van der Waals surface area contributed by atoms with Crippen LogP contribution in [0.5, 0.6) is 0 Å². The van der Waals surface area contributed by atoms with Gasteiger partial charge in [0.15, 0.2) is 0 Å². The number of esters is 2. The van der Waals surface area contributed by atoms with Crippen LogP contribution in [0, 0.1) is 11.8 Å². The molecule has 0 bridgehead atoms. The van der Waals surface area contributed by atoms with E-state index in [4.69, 9.17) is 9.47 Å². The highest BCUT2D eigenvalue weighted by atomic mass is 16.6. The van der Waals surface area contributed by atoms with Crippen LogP contribution in [-0.2, 0) is 19.1 Å². The second-order valence-electron chi connectivity index (χ2n) is 5.81. The van der Waals surface area contributed by atoms with Crippen molar-refractivity contribution in [1.82, 2.24) is 0 Å². The minimum atomic E-state index is -1.08. The lowest BCUT2D eigenvalue weighted by molar-refractivity contribution is -0.166. The molecular formula is C14H26N2O4. The molecule has 0 aromatic heterocycles. The van der Waals surface area contributed by atoms with E-state index in [2.05, 4.69) is 10.2 Å². The smallest absolute Gasteiger partial charge is 0.304 e. The fourth-order valence-electron chi connectivity index (χ4n) is 1.29. The van der Waals surface area contributed by atoms with Crippen molar-refractivity contribution >= 4 is 11.9 Å². The van der Waals surface area contributed by atoms with E-state index >= 15 is 0 Å². The van der Waals surface area contributed by atoms with Crippen LogP contribution in [0.2, 0.25) is 0 Å². The number of carbonyl (C=O) groups is 2. The van der Waals surface area contributed by atoms with Gasteiger partial charge in [-0.1, -0.05) is 27.7 Å². The van der Waals surface area contributed by atoms with Gasteiger partial charge in [-0.15, -0.1) is 10.2 Å². The molecule has 0 radical (unpaired) electrons. The average Bonchev–Trinajstić information content (AvgIpc) is 2.24. The SMILES string of the molecule is CC(=O)OC(C)(N=NC(C)(OC(C)=O)C(C)C)C(C)C. The molecule has 0 amide bonds. The third-order valence-electron chi connectivity index (χ3n) is 3.29. The van der Waals surface area contributed by atoms with Crippen LogP contribution in [0.1, 0.15) is 55.4 Å². The van der Waals surface area contributed by atoms with Crippen molar-refractivity contribution in [1.29, 1.82) is 0 Å². The summed E-state index contributed by atoms with van der Waals surface area (Å²) in [6, 6.07) is 0. The predicted octanol–water partition coefficient (Wildman–Crippen LogP) is 3.31. The van der Waals surface area contributed by atoms with Crippen LogP contribution >= 0.6 is 0 Å². The second kappa shape index (κ2) is 6.81. The van der Waals surface area contributed by atoms with Crippen LogP contribution in [-0.4, -0.2) is 23.4 Å². The number of hydrogen-bond donors (Lipinski definition) is 0. The first-order chi connectivity index (χ1) is 8.93. The van der Waals surface area contributed by atoms with Gasteiger partial charge in [-0.25, -0.2) is 0 Å². The van der Waals surface area contributed by atoms with Gasteiger partial charge in [0.2, 0.25) is 11.4 Å². The summed E-state index contributed by atoms with van der Waals surface area (Å²) in [4.78, 5) is 22.4. The molecule has 0 aliphatic carbocycles. The Morgan fingerprint density at radius 2 is 1.05 bits per heavy atom. The molecule has 6 nitrogen and oxygen atoms in total. The Bertz CT molecular complexity index is 357. The molecule has 0 N–H and O–H groups in total. The van der Waals surface area contributed by atoms with Crippen molar-refractivity contribution in [2.24, 2.45) is 22.1 Å². The van der Waals surface area contributed by atoms with Gasteiger partial charge < -0.3 is 9.47 Å². The number of hydrogen-bond acceptors (Lipinski definition) is 6. The largest absolute Gasteiger partial charge is 0.436 e. The first-order valence-electron chi connectivity index (χ1n) is 6.76.